The average Bonchev–Trinajstić information content (AvgIpc) is 3.98. The molecule has 330 valence electrons. The van der Waals surface area contributed by atoms with Crippen LogP contribution in [0.1, 0.15) is 0 Å². The van der Waals surface area contributed by atoms with Crippen molar-refractivity contribution in [2.45, 2.75) is 0 Å². The van der Waals surface area contributed by atoms with Crippen molar-refractivity contribution in [1.29, 1.82) is 0 Å². The normalized spacial score (nSPS) is 13.4. The van der Waals surface area contributed by atoms with Gasteiger partial charge in [0.05, 0.1) is 0 Å². The lowest BCUT2D eigenvalue weighted by Gasteiger charge is -2.41. The van der Waals surface area contributed by atoms with E-state index < -0.39 is 0 Å². The van der Waals surface area contributed by atoms with E-state index in [1.807, 2.05) is 24.5 Å². The molecule has 0 spiro atoms. The lowest BCUT2D eigenvalue weighted by molar-refractivity contribution is 1.17. The summed E-state index contributed by atoms with van der Waals surface area (Å²) in [5.74, 6) is 1.79. The summed E-state index contributed by atoms with van der Waals surface area (Å²) >= 11 is 0. The molecule has 0 radical (unpaired) electrons. The molecule has 4 aromatic heterocycles. The van der Waals surface area contributed by atoms with Crippen molar-refractivity contribution < 1.29 is 0 Å². The first-order valence-corrected chi connectivity index (χ1v) is 24.9. The Balaban J connectivity index is 1.12. The van der Waals surface area contributed by atoms with Crippen molar-refractivity contribution in [2.24, 2.45) is 0 Å². The van der Waals surface area contributed by atoms with Crippen LogP contribution < -0.4 is 31.7 Å². The fourth-order valence-corrected chi connectivity index (χ4v) is 13.5. The van der Waals surface area contributed by atoms with Crippen LogP contribution in [-0.4, -0.2) is 32.6 Å². The highest BCUT2D eigenvalue weighted by atomic mass is 15.2. The number of pyridine rings is 2. The molecular weight excluding hydrogens is 874 g/mol. The van der Waals surface area contributed by atoms with Gasteiger partial charge in [-0.25, -0.2) is 9.97 Å². The molecular formula is C64H38B2N6. The Labute approximate surface area is 415 Å². The molecule has 0 aliphatic carbocycles. The van der Waals surface area contributed by atoms with Gasteiger partial charge in [0, 0.05) is 89.9 Å². The van der Waals surface area contributed by atoms with Gasteiger partial charge >= 0.3 is 13.7 Å². The Hall–Kier alpha value is -9.39. The molecule has 9 aromatic carbocycles. The number of hydrogen-bond acceptors (Lipinski definition) is 4. The summed E-state index contributed by atoms with van der Waals surface area (Å²) in [6.07, 6.45) is 3.83. The smallest absolute Gasteiger partial charge is 0.333 e. The van der Waals surface area contributed by atoms with Crippen LogP contribution in [0.3, 0.4) is 0 Å². The van der Waals surface area contributed by atoms with Crippen molar-refractivity contribution in [3.8, 4) is 44.5 Å². The molecule has 0 unspecified atom stereocenters. The summed E-state index contributed by atoms with van der Waals surface area (Å²) in [4.78, 5) is 15.0. The van der Waals surface area contributed by atoms with Gasteiger partial charge in [0.2, 0.25) is 0 Å². The summed E-state index contributed by atoms with van der Waals surface area (Å²) in [6.45, 7) is -0.257. The van der Waals surface area contributed by atoms with Gasteiger partial charge in [0.25, 0.3) is 0 Å². The van der Waals surface area contributed by atoms with E-state index in [4.69, 9.17) is 9.97 Å². The molecule has 0 atom stereocenters. The molecule has 0 amide bonds. The first kappa shape index (κ1) is 38.5. The number of fused-ring (bicyclic) bond motifs is 16. The number of hydrogen-bond donors (Lipinski definition) is 0. The second-order valence-corrected chi connectivity index (χ2v) is 19.6. The van der Waals surface area contributed by atoms with Crippen LogP contribution in [0.25, 0.3) is 88.1 Å². The molecule has 8 heterocycles. The van der Waals surface area contributed by atoms with Gasteiger partial charge in [-0.05, 0) is 128 Å². The average molecular weight is 913 g/mol. The van der Waals surface area contributed by atoms with E-state index in [-0.39, 0.29) is 13.7 Å². The van der Waals surface area contributed by atoms with Crippen LogP contribution in [0.15, 0.2) is 231 Å². The summed E-state index contributed by atoms with van der Waals surface area (Å²) in [6, 6.07) is 80.7. The van der Waals surface area contributed by atoms with Crippen LogP contribution in [-0.2, 0) is 0 Å². The predicted octanol–water partition coefficient (Wildman–Crippen LogP) is 12.9. The molecule has 4 aliphatic heterocycles. The molecule has 17 rings (SSSR count). The van der Waals surface area contributed by atoms with E-state index in [0.29, 0.717) is 0 Å². The van der Waals surface area contributed by atoms with Crippen LogP contribution >= 0.6 is 0 Å². The third-order valence-electron chi connectivity index (χ3n) is 16.1. The van der Waals surface area contributed by atoms with Gasteiger partial charge in [-0.3, -0.25) is 9.80 Å². The Morgan fingerprint density at radius 1 is 0.333 bits per heavy atom. The highest BCUT2D eigenvalue weighted by Gasteiger charge is 2.48. The number of para-hydroxylation sites is 4. The molecule has 8 heteroatoms. The van der Waals surface area contributed by atoms with Crippen LogP contribution in [0.5, 0.6) is 0 Å². The maximum atomic E-state index is 5.08. The second kappa shape index (κ2) is 14.1. The highest BCUT2D eigenvalue weighted by molar-refractivity contribution is 6.92. The number of benzene rings is 9. The Morgan fingerprint density at radius 3 is 1.18 bits per heavy atom. The second-order valence-electron chi connectivity index (χ2n) is 19.6. The van der Waals surface area contributed by atoms with Gasteiger partial charge in [-0.2, -0.15) is 0 Å². The fraction of sp³-hybridized carbons (Fsp3) is 0. The molecule has 0 bridgehead atoms. The Bertz CT molecular complexity index is 4190. The molecule has 72 heavy (non-hydrogen) atoms. The predicted molar refractivity (Wildman–Crippen MR) is 300 cm³/mol. The fourth-order valence-electron chi connectivity index (χ4n) is 13.5. The lowest BCUT2D eigenvalue weighted by atomic mass is 9.44. The molecule has 0 saturated heterocycles. The number of nitrogens with zero attached hydrogens (tertiary/aromatic N) is 6. The van der Waals surface area contributed by atoms with Gasteiger partial charge < -0.3 is 8.96 Å². The maximum Gasteiger partial charge on any atom is 0.333 e. The topological polar surface area (TPSA) is 42.1 Å². The van der Waals surface area contributed by atoms with Crippen molar-refractivity contribution in [1.82, 2.24) is 18.9 Å². The van der Waals surface area contributed by atoms with Gasteiger partial charge in [-0.15, -0.1) is 0 Å². The molecule has 6 nitrogen and oxygen atoms in total. The lowest BCUT2D eigenvalue weighted by Crippen LogP contribution is -2.57. The quantitative estimate of drug-likeness (QED) is 0.165. The monoisotopic (exact) mass is 912 g/mol. The standard InChI is InChI=1S/C64H38B2N6/c1-3-19-39(20-4-1)41-35-45-59-57-43-23-7-11-27-49(43)72-64(57)60(46-36-42(40-21-5-2-6-22-40)38-54-62(46)66(72)48-26-10-14-30-52(48)70(54)56-32-16-18-34-68-56)58-44-24-8-12-28-50(44)71(63(58)59)65-47-25-9-13-29-51(47)69(53(37-41)61(45)65)55-31-15-17-33-67-55/h1-38H. The van der Waals surface area contributed by atoms with Crippen LogP contribution in [0, 0.1) is 0 Å². The summed E-state index contributed by atoms with van der Waals surface area (Å²) in [7, 11) is 0. The van der Waals surface area contributed by atoms with Crippen molar-refractivity contribution in [3.63, 3.8) is 0 Å². The summed E-state index contributed by atoms with van der Waals surface area (Å²) in [5, 5.41) is 5.07. The summed E-state index contributed by atoms with van der Waals surface area (Å²) < 4.78 is 5.44. The zero-order chi connectivity index (χ0) is 46.8. The third kappa shape index (κ3) is 4.86. The minimum Gasteiger partial charge on any atom is -0.375 e. The summed E-state index contributed by atoms with van der Waals surface area (Å²) in [5.41, 5.74) is 24.4. The van der Waals surface area contributed by atoms with E-state index in [0.717, 1.165) is 34.4 Å². The minimum absolute atomic E-state index is 0.128. The molecule has 0 saturated carbocycles. The van der Waals surface area contributed by atoms with Gasteiger partial charge in [-0.1, -0.05) is 146 Å². The van der Waals surface area contributed by atoms with Crippen molar-refractivity contribution in [3.05, 3.63) is 231 Å². The molecule has 13 aromatic rings. The zero-order valence-corrected chi connectivity index (χ0v) is 38.8. The first-order valence-electron chi connectivity index (χ1n) is 24.9. The Morgan fingerprint density at radius 2 is 0.736 bits per heavy atom. The highest BCUT2D eigenvalue weighted by Crippen LogP contribution is 2.56. The third-order valence-corrected chi connectivity index (χ3v) is 16.1. The number of anilines is 6. The van der Waals surface area contributed by atoms with E-state index in [1.165, 1.54) is 110 Å². The minimum atomic E-state index is -0.128. The van der Waals surface area contributed by atoms with Crippen molar-refractivity contribution in [2.75, 3.05) is 9.80 Å². The van der Waals surface area contributed by atoms with E-state index in [1.54, 1.807) is 0 Å². The number of rotatable bonds is 4. The SMILES string of the molecule is c1ccc(-c2cc3c4c(c2)N(c2ccccn2)c2ccccc2B4n2c4ccccc4c4c5c6c(c-3c42)c2ccccc2n6B2c3ccccc3N(c3ccccn3)c3cc(-c4ccccc4)cc-5c32)cc1. The van der Waals surface area contributed by atoms with Gasteiger partial charge in [0.15, 0.2) is 0 Å². The van der Waals surface area contributed by atoms with Crippen LogP contribution in [0.4, 0.5) is 34.4 Å². The molecule has 4 aliphatic rings. The molecule has 0 fully saturated rings. The largest absolute Gasteiger partial charge is 0.375 e. The molecule has 0 N–H and O–H groups in total. The van der Waals surface area contributed by atoms with E-state index in [2.05, 4.69) is 225 Å². The van der Waals surface area contributed by atoms with E-state index in [9.17, 15) is 0 Å². The first-order chi connectivity index (χ1) is 35.8. The number of aromatic nitrogens is 4. The Kier molecular flexibility index (Phi) is 7.54. The zero-order valence-electron chi connectivity index (χ0n) is 38.8. The van der Waals surface area contributed by atoms with Crippen molar-refractivity contribution >= 4 is 114 Å². The maximum absolute atomic E-state index is 5.08. The van der Waals surface area contributed by atoms with E-state index >= 15 is 0 Å². The van der Waals surface area contributed by atoms with Gasteiger partial charge in [0.1, 0.15) is 11.6 Å². The van der Waals surface area contributed by atoms with Crippen LogP contribution in [0.2, 0.25) is 0 Å².